The van der Waals surface area contributed by atoms with E-state index in [1.165, 1.54) is 0 Å². The van der Waals surface area contributed by atoms with Gasteiger partial charge in [-0.1, -0.05) is 13.8 Å². The van der Waals surface area contributed by atoms with Crippen LogP contribution in [0.25, 0.3) is 6.08 Å². The Hall–Kier alpha value is -1.88. The number of rotatable bonds is 4. The van der Waals surface area contributed by atoms with Gasteiger partial charge in [0.1, 0.15) is 11.4 Å². The molecular formula is C17H22N2O2S. The van der Waals surface area contributed by atoms with Gasteiger partial charge in [-0.2, -0.15) is 0 Å². The Morgan fingerprint density at radius 1 is 1.41 bits per heavy atom. The SMILES string of the molecule is CCN1C(=O)C(=Cc2cc(C(C)C)c(OC)cc2C)NC1=S. The van der Waals surface area contributed by atoms with Gasteiger partial charge in [0.2, 0.25) is 0 Å². The standard InChI is InChI=1S/C17H22N2O2S/c1-6-19-16(20)14(18-17(19)22)9-12-8-13(10(2)3)15(21-5)7-11(12)4/h7-10H,6H2,1-5H3,(H,18,22). The highest BCUT2D eigenvalue weighted by Gasteiger charge is 2.29. The third-order valence-corrected chi connectivity index (χ3v) is 4.14. The lowest BCUT2D eigenvalue weighted by atomic mass is 9.96. The average Bonchev–Trinajstić information content (AvgIpc) is 2.74. The molecule has 1 fully saturated rings. The first-order chi connectivity index (χ1) is 10.4. The molecule has 1 amide bonds. The van der Waals surface area contributed by atoms with Crippen LogP contribution < -0.4 is 10.1 Å². The van der Waals surface area contributed by atoms with Gasteiger partial charge in [-0.3, -0.25) is 9.69 Å². The van der Waals surface area contributed by atoms with E-state index in [4.69, 9.17) is 17.0 Å². The van der Waals surface area contributed by atoms with E-state index in [0.29, 0.717) is 23.3 Å². The summed E-state index contributed by atoms with van der Waals surface area (Å²) in [4.78, 5) is 13.8. The predicted molar refractivity (Wildman–Crippen MR) is 92.9 cm³/mol. The summed E-state index contributed by atoms with van der Waals surface area (Å²) in [5.74, 6) is 1.15. The normalized spacial score (nSPS) is 16.6. The fraction of sp³-hybridized carbons (Fsp3) is 0.412. The second kappa shape index (κ2) is 6.48. The van der Waals surface area contributed by atoms with Crippen LogP contribution in [0.1, 0.15) is 43.4 Å². The van der Waals surface area contributed by atoms with Gasteiger partial charge in [0, 0.05) is 6.54 Å². The second-order valence-electron chi connectivity index (χ2n) is 5.64. The number of hydrogen-bond acceptors (Lipinski definition) is 3. The zero-order valence-corrected chi connectivity index (χ0v) is 14.5. The highest BCUT2D eigenvalue weighted by atomic mass is 32.1. The third kappa shape index (κ3) is 2.99. The Morgan fingerprint density at radius 2 is 2.09 bits per heavy atom. The summed E-state index contributed by atoms with van der Waals surface area (Å²) in [5, 5.41) is 3.46. The van der Waals surface area contributed by atoms with Crippen molar-refractivity contribution in [2.75, 3.05) is 13.7 Å². The summed E-state index contributed by atoms with van der Waals surface area (Å²) in [6, 6.07) is 4.09. The van der Waals surface area contributed by atoms with Crippen molar-refractivity contribution >= 4 is 29.3 Å². The number of likely N-dealkylation sites (N-methyl/N-ethyl adjacent to an activating group) is 1. The van der Waals surface area contributed by atoms with Crippen LogP contribution in [0.15, 0.2) is 17.8 Å². The van der Waals surface area contributed by atoms with Crippen molar-refractivity contribution in [3.63, 3.8) is 0 Å². The molecule has 22 heavy (non-hydrogen) atoms. The quantitative estimate of drug-likeness (QED) is 0.684. The van der Waals surface area contributed by atoms with E-state index in [1.54, 1.807) is 12.0 Å². The number of nitrogens with zero attached hydrogens (tertiary/aromatic N) is 1. The maximum atomic E-state index is 12.3. The highest BCUT2D eigenvalue weighted by molar-refractivity contribution is 7.80. The zero-order valence-electron chi connectivity index (χ0n) is 13.7. The van der Waals surface area contributed by atoms with Gasteiger partial charge in [0.05, 0.1) is 7.11 Å². The maximum absolute atomic E-state index is 12.3. The number of methoxy groups -OCH3 is 1. The lowest BCUT2D eigenvalue weighted by molar-refractivity contribution is -0.122. The van der Waals surface area contributed by atoms with Crippen molar-refractivity contribution in [3.8, 4) is 5.75 Å². The fourth-order valence-corrected chi connectivity index (χ4v) is 2.84. The lowest BCUT2D eigenvalue weighted by Gasteiger charge is -2.15. The number of amides is 1. The predicted octanol–water partition coefficient (Wildman–Crippen LogP) is 3.20. The number of aryl methyl sites for hydroxylation is 1. The van der Waals surface area contributed by atoms with E-state index in [2.05, 4.69) is 25.2 Å². The number of benzene rings is 1. The first kappa shape index (κ1) is 16.5. The van der Waals surface area contributed by atoms with E-state index < -0.39 is 0 Å². The van der Waals surface area contributed by atoms with E-state index in [1.807, 2.05) is 26.0 Å². The summed E-state index contributed by atoms with van der Waals surface area (Å²) in [7, 11) is 1.68. The summed E-state index contributed by atoms with van der Waals surface area (Å²) in [6.07, 6.45) is 1.87. The molecule has 0 aliphatic carbocycles. The first-order valence-electron chi connectivity index (χ1n) is 7.42. The Kier molecular flexibility index (Phi) is 4.86. The summed E-state index contributed by atoms with van der Waals surface area (Å²) < 4.78 is 5.45. The minimum absolute atomic E-state index is 0.0752. The molecule has 0 saturated carbocycles. The molecular weight excluding hydrogens is 296 g/mol. The second-order valence-corrected chi connectivity index (χ2v) is 6.03. The molecule has 0 aromatic heterocycles. The number of carbonyl (C=O) groups is 1. The Bertz CT molecular complexity index is 650. The topological polar surface area (TPSA) is 41.6 Å². The monoisotopic (exact) mass is 318 g/mol. The molecule has 0 radical (unpaired) electrons. The Labute approximate surface area is 137 Å². The van der Waals surface area contributed by atoms with Crippen LogP contribution in [-0.2, 0) is 4.79 Å². The van der Waals surface area contributed by atoms with Crippen LogP contribution in [0.3, 0.4) is 0 Å². The molecule has 2 rings (SSSR count). The maximum Gasteiger partial charge on any atom is 0.276 e. The molecule has 0 spiro atoms. The molecule has 1 heterocycles. The number of nitrogens with one attached hydrogen (secondary N) is 1. The van der Waals surface area contributed by atoms with Gasteiger partial charge in [0.25, 0.3) is 5.91 Å². The summed E-state index contributed by atoms with van der Waals surface area (Å²) >= 11 is 5.18. The van der Waals surface area contributed by atoms with Crippen molar-refractivity contribution in [1.29, 1.82) is 0 Å². The van der Waals surface area contributed by atoms with Gasteiger partial charge in [-0.05, 0) is 66.9 Å². The third-order valence-electron chi connectivity index (χ3n) is 3.82. The van der Waals surface area contributed by atoms with Gasteiger partial charge >= 0.3 is 0 Å². The molecule has 4 nitrogen and oxygen atoms in total. The number of carbonyl (C=O) groups excluding carboxylic acids is 1. The van der Waals surface area contributed by atoms with Crippen molar-refractivity contribution < 1.29 is 9.53 Å². The van der Waals surface area contributed by atoms with Crippen LogP contribution in [0.5, 0.6) is 5.75 Å². The zero-order chi connectivity index (χ0) is 16.4. The summed E-state index contributed by atoms with van der Waals surface area (Å²) in [6.45, 7) is 8.73. The van der Waals surface area contributed by atoms with Crippen LogP contribution in [0.2, 0.25) is 0 Å². The number of ether oxygens (including phenoxy) is 1. The molecule has 1 aromatic rings. The molecule has 0 bridgehead atoms. The molecule has 5 heteroatoms. The van der Waals surface area contributed by atoms with Gasteiger partial charge in [0.15, 0.2) is 5.11 Å². The lowest BCUT2D eigenvalue weighted by Crippen LogP contribution is -2.30. The molecule has 1 saturated heterocycles. The van der Waals surface area contributed by atoms with Gasteiger partial charge in [-0.15, -0.1) is 0 Å². The molecule has 1 aromatic carbocycles. The molecule has 1 N–H and O–H groups in total. The van der Waals surface area contributed by atoms with Crippen molar-refractivity contribution in [2.24, 2.45) is 0 Å². The van der Waals surface area contributed by atoms with Gasteiger partial charge < -0.3 is 10.1 Å². The molecule has 1 aliphatic heterocycles. The number of hydrogen-bond donors (Lipinski definition) is 1. The van der Waals surface area contributed by atoms with Crippen LogP contribution in [0.4, 0.5) is 0 Å². The van der Waals surface area contributed by atoms with Crippen LogP contribution >= 0.6 is 12.2 Å². The molecule has 1 aliphatic rings. The minimum atomic E-state index is -0.0752. The molecule has 118 valence electrons. The molecule has 0 atom stereocenters. The van der Waals surface area contributed by atoms with Crippen molar-refractivity contribution in [2.45, 2.75) is 33.6 Å². The van der Waals surface area contributed by atoms with Gasteiger partial charge in [-0.25, -0.2) is 0 Å². The number of thiocarbonyl (C=S) groups is 1. The molecule has 0 unspecified atom stereocenters. The fourth-order valence-electron chi connectivity index (χ4n) is 2.51. The van der Waals surface area contributed by atoms with E-state index in [-0.39, 0.29) is 5.91 Å². The van der Waals surface area contributed by atoms with Crippen LogP contribution in [0, 0.1) is 6.92 Å². The largest absolute Gasteiger partial charge is 0.496 e. The summed E-state index contributed by atoms with van der Waals surface area (Å²) in [5.41, 5.74) is 3.71. The Morgan fingerprint density at radius 3 is 2.59 bits per heavy atom. The van der Waals surface area contributed by atoms with Crippen molar-refractivity contribution in [1.82, 2.24) is 10.2 Å². The van der Waals surface area contributed by atoms with E-state index in [0.717, 1.165) is 22.4 Å². The van der Waals surface area contributed by atoms with Crippen molar-refractivity contribution in [3.05, 3.63) is 34.5 Å². The highest BCUT2D eigenvalue weighted by Crippen LogP contribution is 2.30. The average molecular weight is 318 g/mol. The first-order valence-corrected chi connectivity index (χ1v) is 7.82. The van der Waals surface area contributed by atoms with E-state index >= 15 is 0 Å². The Balaban J connectivity index is 2.46. The smallest absolute Gasteiger partial charge is 0.276 e. The minimum Gasteiger partial charge on any atom is -0.496 e. The van der Waals surface area contributed by atoms with Crippen LogP contribution in [-0.4, -0.2) is 29.6 Å². The van der Waals surface area contributed by atoms with E-state index in [9.17, 15) is 4.79 Å².